The Kier molecular flexibility index (Phi) is 4.26. The van der Waals surface area contributed by atoms with E-state index in [1.165, 1.54) is 0 Å². The van der Waals surface area contributed by atoms with Crippen molar-refractivity contribution in [1.82, 2.24) is 20.6 Å². The number of nitrogens with zero attached hydrogens (tertiary/aromatic N) is 1. The number of carbonyl (C=O) groups excluding carboxylic acids is 1. The van der Waals surface area contributed by atoms with Gasteiger partial charge in [0.1, 0.15) is 0 Å². The molecule has 5 heteroatoms. The second-order valence-electron chi connectivity index (χ2n) is 2.75. The van der Waals surface area contributed by atoms with E-state index >= 15 is 0 Å². The predicted molar refractivity (Wildman–Crippen MR) is 53.9 cm³/mol. The molecule has 0 aliphatic rings. The van der Waals surface area contributed by atoms with Crippen molar-refractivity contribution in [2.24, 2.45) is 0 Å². The van der Waals surface area contributed by atoms with Crippen LogP contribution < -0.4 is 10.6 Å². The van der Waals surface area contributed by atoms with Gasteiger partial charge in [-0.1, -0.05) is 6.08 Å². The van der Waals surface area contributed by atoms with Crippen LogP contribution in [0.3, 0.4) is 0 Å². The number of imidazole rings is 1. The molecule has 0 saturated carbocycles. The van der Waals surface area contributed by atoms with Crippen molar-refractivity contribution in [1.29, 1.82) is 0 Å². The molecule has 76 valence electrons. The van der Waals surface area contributed by atoms with E-state index in [2.05, 4.69) is 27.2 Å². The van der Waals surface area contributed by atoms with E-state index in [9.17, 15) is 4.79 Å². The van der Waals surface area contributed by atoms with Gasteiger partial charge in [0.05, 0.1) is 6.33 Å². The van der Waals surface area contributed by atoms with Crippen molar-refractivity contribution < 1.29 is 4.79 Å². The van der Waals surface area contributed by atoms with Gasteiger partial charge in [0.25, 0.3) is 0 Å². The lowest BCUT2D eigenvalue weighted by Gasteiger charge is -2.04. The third kappa shape index (κ3) is 3.75. The van der Waals surface area contributed by atoms with E-state index < -0.39 is 0 Å². The lowest BCUT2D eigenvalue weighted by Crippen LogP contribution is -2.36. The molecule has 0 spiro atoms. The Bertz CT molecular complexity index is 281. The summed E-state index contributed by atoms with van der Waals surface area (Å²) in [6, 6.07) is -0.176. The van der Waals surface area contributed by atoms with Gasteiger partial charge in [-0.25, -0.2) is 9.78 Å². The van der Waals surface area contributed by atoms with E-state index in [1.807, 2.05) is 0 Å². The van der Waals surface area contributed by atoms with E-state index in [0.29, 0.717) is 13.1 Å². The molecule has 1 rings (SSSR count). The highest BCUT2D eigenvalue weighted by Crippen LogP contribution is 1.89. The molecule has 0 bridgehead atoms. The molecule has 1 heterocycles. The Labute approximate surface area is 82.6 Å². The molecule has 0 saturated heterocycles. The zero-order chi connectivity index (χ0) is 10.2. The lowest BCUT2D eigenvalue weighted by molar-refractivity contribution is 0.242. The van der Waals surface area contributed by atoms with Gasteiger partial charge < -0.3 is 15.6 Å². The fourth-order valence-electron chi connectivity index (χ4n) is 0.959. The zero-order valence-corrected chi connectivity index (χ0v) is 7.92. The number of hydrogen-bond donors (Lipinski definition) is 3. The third-order valence-electron chi connectivity index (χ3n) is 1.64. The van der Waals surface area contributed by atoms with Gasteiger partial charge in [0.2, 0.25) is 0 Å². The Morgan fingerprint density at radius 2 is 2.50 bits per heavy atom. The maximum atomic E-state index is 11.0. The Balaban J connectivity index is 2.09. The third-order valence-corrected chi connectivity index (χ3v) is 1.64. The lowest BCUT2D eigenvalue weighted by atomic mass is 10.3. The maximum absolute atomic E-state index is 11.0. The van der Waals surface area contributed by atoms with Gasteiger partial charge >= 0.3 is 6.03 Å². The summed E-state index contributed by atoms with van der Waals surface area (Å²) in [7, 11) is 0. The summed E-state index contributed by atoms with van der Waals surface area (Å²) in [6.07, 6.45) is 5.74. The highest BCUT2D eigenvalue weighted by atomic mass is 16.2. The number of H-pyrrole nitrogens is 1. The minimum Gasteiger partial charge on any atom is -0.348 e. The summed E-state index contributed by atoms with van der Waals surface area (Å²) in [5.74, 6) is 0. The van der Waals surface area contributed by atoms with Gasteiger partial charge in [0.15, 0.2) is 0 Å². The number of hydrogen-bond acceptors (Lipinski definition) is 2. The van der Waals surface area contributed by atoms with Crippen LogP contribution >= 0.6 is 0 Å². The topological polar surface area (TPSA) is 69.8 Å². The highest BCUT2D eigenvalue weighted by molar-refractivity contribution is 5.73. The quantitative estimate of drug-likeness (QED) is 0.595. The van der Waals surface area contributed by atoms with Crippen LogP contribution in [0.2, 0.25) is 0 Å². The first-order valence-electron chi connectivity index (χ1n) is 4.43. The van der Waals surface area contributed by atoms with Crippen LogP contribution in [0.4, 0.5) is 4.79 Å². The van der Waals surface area contributed by atoms with Crippen molar-refractivity contribution in [3.05, 3.63) is 30.9 Å². The first kappa shape index (κ1) is 10.3. The molecular weight excluding hydrogens is 180 g/mol. The smallest absolute Gasteiger partial charge is 0.315 e. The molecule has 0 aliphatic heterocycles. The molecule has 1 aromatic rings. The number of urea groups is 1. The molecule has 1 aromatic heterocycles. The molecule has 0 radical (unpaired) electrons. The molecule has 3 N–H and O–H groups in total. The van der Waals surface area contributed by atoms with Gasteiger partial charge in [-0.05, 0) is 0 Å². The molecule has 5 nitrogen and oxygen atoms in total. The average molecular weight is 194 g/mol. The first-order valence-corrected chi connectivity index (χ1v) is 4.43. The predicted octanol–water partition coefficient (Wildman–Crippen LogP) is 0.437. The largest absolute Gasteiger partial charge is 0.348 e. The number of carbonyl (C=O) groups is 1. The number of nitrogens with one attached hydrogen (secondary N) is 3. The van der Waals surface area contributed by atoms with Crippen molar-refractivity contribution in [3.8, 4) is 0 Å². The van der Waals surface area contributed by atoms with Crippen LogP contribution in [0.1, 0.15) is 5.69 Å². The highest BCUT2D eigenvalue weighted by Gasteiger charge is 1.97. The molecular formula is C9H14N4O. The molecule has 14 heavy (non-hydrogen) atoms. The Morgan fingerprint density at radius 1 is 1.64 bits per heavy atom. The standard InChI is InChI=1S/C9H14N4O/c1-2-4-11-9(14)12-5-3-8-6-10-7-13-8/h2,6-7H,1,3-5H2,(H,10,13)(H2,11,12,14). The van der Waals surface area contributed by atoms with Crippen molar-refractivity contribution in [2.45, 2.75) is 6.42 Å². The van der Waals surface area contributed by atoms with Crippen LogP contribution in [0.5, 0.6) is 0 Å². The fraction of sp³-hybridized carbons (Fsp3) is 0.333. The SMILES string of the molecule is C=CCNC(=O)NCCc1cnc[nH]1. The Morgan fingerprint density at radius 3 is 3.14 bits per heavy atom. The molecule has 0 atom stereocenters. The van der Waals surface area contributed by atoms with Gasteiger partial charge in [-0.15, -0.1) is 6.58 Å². The van der Waals surface area contributed by atoms with Crippen molar-refractivity contribution in [2.75, 3.05) is 13.1 Å². The monoisotopic (exact) mass is 194 g/mol. The van der Waals surface area contributed by atoms with E-state index in [1.54, 1.807) is 18.6 Å². The van der Waals surface area contributed by atoms with E-state index in [4.69, 9.17) is 0 Å². The van der Waals surface area contributed by atoms with Crippen LogP contribution in [0.15, 0.2) is 25.2 Å². The second kappa shape index (κ2) is 5.80. The van der Waals surface area contributed by atoms with Crippen molar-refractivity contribution in [3.63, 3.8) is 0 Å². The summed E-state index contributed by atoms with van der Waals surface area (Å²) in [5, 5.41) is 5.33. The van der Waals surface area contributed by atoms with Gasteiger partial charge in [-0.3, -0.25) is 0 Å². The first-order chi connectivity index (χ1) is 6.83. The summed E-state index contributed by atoms with van der Waals surface area (Å²) < 4.78 is 0. The summed E-state index contributed by atoms with van der Waals surface area (Å²) in [6.45, 7) is 4.57. The Hall–Kier alpha value is -1.78. The average Bonchev–Trinajstić information content (AvgIpc) is 2.67. The fourth-order valence-corrected chi connectivity index (χ4v) is 0.959. The number of aromatic nitrogens is 2. The second-order valence-corrected chi connectivity index (χ2v) is 2.75. The number of rotatable bonds is 5. The minimum absolute atomic E-state index is 0.176. The summed E-state index contributed by atoms with van der Waals surface area (Å²) >= 11 is 0. The van der Waals surface area contributed by atoms with Crippen LogP contribution in [0, 0.1) is 0 Å². The van der Waals surface area contributed by atoms with Gasteiger partial charge in [0, 0.05) is 31.4 Å². The molecule has 0 aromatic carbocycles. The normalized spacial score (nSPS) is 9.43. The summed E-state index contributed by atoms with van der Waals surface area (Å²) in [4.78, 5) is 17.9. The van der Waals surface area contributed by atoms with E-state index in [0.717, 1.165) is 12.1 Å². The maximum Gasteiger partial charge on any atom is 0.315 e. The van der Waals surface area contributed by atoms with Crippen LogP contribution in [0.25, 0.3) is 0 Å². The summed E-state index contributed by atoms with van der Waals surface area (Å²) in [5.41, 5.74) is 1.01. The minimum atomic E-state index is -0.176. The zero-order valence-electron chi connectivity index (χ0n) is 7.92. The van der Waals surface area contributed by atoms with Crippen LogP contribution in [-0.4, -0.2) is 29.1 Å². The van der Waals surface area contributed by atoms with Crippen LogP contribution in [-0.2, 0) is 6.42 Å². The number of amides is 2. The van der Waals surface area contributed by atoms with Gasteiger partial charge in [-0.2, -0.15) is 0 Å². The number of aromatic amines is 1. The molecule has 0 unspecified atom stereocenters. The molecule has 0 fully saturated rings. The molecule has 0 aliphatic carbocycles. The van der Waals surface area contributed by atoms with Crippen molar-refractivity contribution >= 4 is 6.03 Å². The molecule has 2 amide bonds. The van der Waals surface area contributed by atoms with E-state index in [-0.39, 0.29) is 6.03 Å².